The molecule has 134 valence electrons. The molecule has 3 rings (SSSR count). The summed E-state index contributed by atoms with van der Waals surface area (Å²) in [5.41, 5.74) is -2.58. The molecule has 1 aromatic heterocycles. The van der Waals surface area contributed by atoms with E-state index in [0.717, 1.165) is 7.11 Å². The van der Waals surface area contributed by atoms with Crippen LogP contribution in [0.1, 0.15) is 11.3 Å². The topological polar surface area (TPSA) is 72.6 Å². The van der Waals surface area contributed by atoms with Gasteiger partial charge in [0.2, 0.25) is 11.6 Å². The molecule has 3 aromatic rings. The average Bonchev–Trinajstić information content (AvgIpc) is 2.61. The quantitative estimate of drug-likeness (QED) is 0.433. The van der Waals surface area contributed by atoms with E-state index in [1.165, 1.54) is 12.1 Å². The minimum atomic E-state index is -1.89. The standard InChI is InChI=1S/C17H9F4NO4/c1-25-16-14(20)12(18)11(13(19)15(16)21)9(23)6-8-17(24)26-10-5-3-2-4-7(10)22-8/h2-6,23H,1H3. The number of nitrogens with zero attached hydrogens (tertiary/aromatic N) is 1. The molecule has 0 saturated heterocycles. The maximum Gasteiger partial charge on any atom is 0.362 e. The molecule has 0 fully saturated rings. The van der Waals surface area contributed by atoms with Crippen molar-refractivity contribution in [1.82, 2.24) is 4.98 Å². The van der Waals surface area contributed by atoms with Gasteiger partial charge in [-0.3, -0.25) is 0 Å². The van der Waals surface area contributed by atoms with Gasteiger partial charge in [-0.1, -0.05) is 12.1 Å². The Balaban J connectivity index is 2.20. The second-order valence-electron chi connectivity index (χ2n) is 5.05. The van der Waals surface area contributed by atoms with E-state index in [4.69, 9.17) is 4.42 Å². The van der Waals surface area contributed by atoms with Crippen molar-refractivity contribution >= 4 is 22.9 Å². The van der Waals surface area contributed by atoms with Crippen molar-refractivity contribution in [2.75, 3.05) is 7.11 Å². The summed E-state index contributed by atoms with van der Waals surface area (Å²) in [6.45, 7) is 0. The molecule has 0 aliphatic heterocycles. The number of fused-ring (bicyclic) bond motifs is 1. The summed E-state index contributed by atoms with van der Waals surface area (Å²) in [5.74, 6) is -9.98. The molecule has 0 atom stereocenters. The van der Waals surface area contributed by atoms with Crippen LogP contribution < -0.4 is 10.4 Å². The molecular weight excluding hydrogens is 358 g/mol. The smallest absolute Gasteiger partial charge is 0.362 e. The number of halogens is 4. The van der Waals surface area contributed by atoms with Gasteiger partial charge < -0.3 is 14.3 Å². The van der Waals surface area contributed by atoms with E-state index in [1.807, 2.05) is 0 Å². The van der Waals surface area contributed by atoms with E-state index in [9.17, 15) is 27.5 Å². The van der Waals surface area contributed by atoms with Crippen molar-refractivity contribution in [3.05, 3.63) is 69.2 Å². The number of methoxy groups -OCH3 is 1. The van der Waals surface area contributed by atoms with E-state index >= 15 is 0 Å². The van der Waals surface area contributed by atoms with Crippen LogP contribution in [0.2, 0.25) is 0 Å². The fraction of sp³-hybridized carbons (Fsp3) is 0.0588. The summed E-state index contributed by atoms with van der Waals surface area (Å²) in [5, 5.41) is 9.93. The molecule has 26 heavy (non-hydrogen) atoms. The van der Waals surface area contributed by atoms with E-state index in [-0.39, 0.29) is 11.1 Å². The molecule has 1 N–H and O–H groups in total. The Labute approximate surface area is 142 Å². The van der Waals surface area contributed by atoms with Crippen LogP contribution in [-0.2, 0) is 0 Å². The molecule has 0 saturated carbocycles. The number of rotatable bonds is 3. The Kier molecular flexibility index (Phi) is 4.37. The highest BCUT2D eigenvalue weighted by Gasteiger charge is 2.28. The van der Waals surface area contributed by atoms with E-state index in [2.05, 4.69) is 9.72 Å². The van der Waals surface area contributed by atoms with Gasteiger partial charge in [-0.2, -0.15) is 8.78 Å². The highest BCUT2D eigenvalue weighted by molar-refractivity contribution is 5.78. The van der Waals surface area contributed by atoms with Gasteiger partial charge in [0.05, 0.1) is 12.7 Å². The Morgan fingerprint density at radius 3 is 2.35 bits per heavy atom. The van der Waals surface area contributed by atoms with Gasteiger partial charge in [0.15, 0.2) is 28.7 Å². The molecule has 0 unspecified atom stereocenters. The largest absolute Gasteiger partial charge is 0.507 e. The Bertz CT molecular complexity index is 1080. The zero-order valence-electron chi connectivity index (χ0n) is 13.0. The normalized spacial score (nSPS) is 11.8. The monoisotopic (exact) mass is 367 g/mol. The third kappa shape index (κ3) is 2.77. The molecule has 1 heterocycles. The predicted molar refractivity (Wildman–Crippen MR) is 83.6 cm³/mol. The summed E-state index contributed by atoms with van der Waals surface area (Å²) < 4.78 is 64.7. The molecule has 2 aromatic carbocycles. The lowest BCUT2D eigenvalue weighted by atomic mass is 10.1. The average molecular weight is 367 g/mol. The van der Waals surface area contributed by atoms with Gasteiger partial charge in [0.25, 0.3) is 0 Å². The maximum absolute atomic E-state index is 14.0. The summed E-state index contributed by atoms with van der Waals surface area (Å²) in [6.07, 6.45) is 0.547. The SMILES string of the molecule is COc1c(F)c(F)c(C(O)=Cc2nc3ccccc3oc2=O)c(F)c1F. The Morgan fingerprint density at radius 2 is 1.73 bits per heavy atom. The van der Waals surface area contributed by atoms with Crippen LogP contribution >= 0.6 is 0 Å². The van der Waals surface area contributed by atoms with Gasteiger partial charge in [0.1, 0.15) is 11.3 Å². The fourth-order valence-electron chi connectivity index (χ4n) is 2.27. The predicted octanol–water partition coefficient (Wildman–Crippen LogP) is 3.81. The van der Waals surface area contributed by atoms with Crippen molar-refractivity contribution < 1.29 is 31.8 Å². The van der Waals surface area contributed by atoms with Crippen molar-refractivity contribution in [3.63, 3.8) is 0 Å². The molecule has 0 radical (unpaired) electrons. The molecular formula is C17H9F4NO4. The van der Waals surface area contributed by atoms with Crippen LogP contribution in [0.3, 0.4) is 0 Å². The zero-order valence-corrected chi connectivity index (χ0v) is 13.0. The number of ether oxygens (including phenoxy) is 1. The highest BCUT2D eigenvalue weighted by atomic mass is 19.2. The molecule has 0 aliphatic carbocycles. The first-order valence-corrected chi connectivity index (χ1v) is 7.06. The van der Waals surface area contributed by atoms with E-state index in [1.54, 1.807) is 12.1 Å². The molecule has 9 heteroatoms. The van der Waals surface area contributed by atoms with Crippen LogP contribution in [0, 0.1) is 23.3 Å². The van der Waals surface area contributed by atoms with Crippen LogP contribution in [0.5, 0.6) is 5.75 Å². The lowest BCUT2D eigenvalue weighted by Crippen LogP contribution is -2.09. The summed E-state index contributed by atoms with van der Waals surface area (Å²) in [6, 6.07) is 6.13. The number of hydrogen-bond acceptors (Lipinski definition) is 5. The summed E-state index contributed by atoms with van der Waals surface area (Å²) in [4.78, 5) is 15.7. The van der Waals surface area contributed by atoms with Crippen LogP contribution in [-0.4, -0.2) is 17.2 Å². The maximum atomic E-state index is 14.0. The second kappa shape index (κ2) is 6.51. The first kappa shape index (κ1) is 17.5. The van der Waals surface area contributed by atoms with Gasteiger partial charge in [-0.15, -0.1) is 0 Å². The minimum Gasteiger partial charge on any atom is -0.507 e. The number of para-hydroxylation sites is 2. The molecule has 0 aliphatic rings. The number of aliphatic hydroxyl groups excluding tert-OH is 1. The molecule has 0 bridgehead atoms. The van der Waals surface area contributed by atoms with Crippen LogP contribution in [0.25, 0.3) is 22.9 Å². The fourth-order valence-corrected chi connectivity index (χ4v) is 2.27. The molecule has 0 spiro atoms. The zero-order chi connectivity index (χ0) is 19.0. The van der Waals surface area contributed by atoms with Crippen LogP contribution in [0.4, 0.5) is 17.6 Å². The molecule has 5 nitrogen and oxygen atoms in total. The number of benzene rings is 2. The number of aromatic nitrogens is 1. The van der Waals surface area contributed by atoms with Gasteiger partial charge in [-0.25, -0.2) is 18.6 Å². The number of hydrogen-bond donors (Lipinski definition) is 1. The van der Waals surface area contributed by atoms with Crippen molar-refractivity contribution in [3.8, 4) is 5.75 Å². The lowest BCUT2D eigenvalue weighted by molar-refractivity contribution is 0.329. The Hall–Kier alpha value is -3.36. The van der Waals surface area contributed by atoms with Crippen molar-refractivity contribution in [1.29, 1.82) is 0 Å². The first-order chi connectivity index (χ1) is 12.3. The van der Waals surface area contributed by atoms with E-state index < -0.39 is 51.7 Å². The third-order valence-corrected chi connectivity index (χ3v) is 3.47. The highest BCUT2D eigenvalue weighted by Crippen LogP contribution is 2.33. The first-order valence-electron chi connectivity index (χ1n) is 7.06. The lowest BCUT2D eigenvalue weighted by Gasteiger charge is -2.10. The van der Waals surface area contributed by atoms with Crippen LogP contribution in [0.15, 0.2) is 33.5 Å². The van der Waals surface area contributed by atoms with Gasteiger partial charge in [-0.05, 0) is 12.1 Å². The van der Waals surface area contributed by atoms with Gasteiger partial charge in [0, 0.05) is 6.08 Å². The summed E-state index contributed by atoms with van der Waals surface area (Å²) in [7, 11) is 0.819. The van der Waals surface area contributed by atoms with Crippen molar-refractivity contribution in [2.24, 2.45) is 0 Å². The Morgan fingerprint density at radius 1 is 1.12 bits per heavy atom. The van der Waals surface area contributed by atoms with Gasteiger partial charge >= 0.3 is 5.63 Å². The third-order valence-electron chi connectivity index (χ3n) is 3.47. The summed E-state index contributed by atoms with van der Waals surface area (Å²) >= 11 is 0. The molecule has 0 amide bonds. The number of aliphatic hydroxyl groups is 1. The van der Waals surface area contributed by atoms with Crippen molar-refractivity contribution in [2.45, 2.75) is 0 Å². The van der Waals surface area contributed by atoms with E-state index in [0.29, 0.717) is 6.08 Å². The second-order valence-corrected chi connectivity index (χ2v) is 5.05. The minimum absolute atomic E-state index is 0.146.